The Morgan fingerprint density at radius 1 is 1.24 bits per heavy atom. The van der Waals surface area contributed by atoms with Crippen LogP contribution in [-0.2, 0) is 13.6 Å². The number of aromatic nitrogens is 2. The van der Waals surface area contributed by atoms with Crippen molar-refractivity contribution >= 4 is 22.6 Å². The number of aryl methyl sites for hydroxylation is 1. The number of rotatable bonds is 2. The lowest BCUT2D eigenvalue weighted by molar-refractivity contribution is 0.888. The molecule has 1 aromatic carbocycles. The molecular formula is C16H14ClN3O. The van der Waals surface area contributed by atoms with E-state index in [0.29, 0.717) is 12.2 Å². The van der Waals surface area contributed by atoms with E-state index in [-0.39, 0.29) is 10.6 Å². The number of fused-ring (bicyclic) bond motifs is 1. The zero-order valence-electron chi connectivity index (χ0n) is 11.5. The number of nitrogens with two attached hydrogens (primary N) is 1. The van der Waals surface area contributed by atoms with E-state index >= 15 is 0 Å². The van der Waals surface area contributed by atoms with Crippen molar-refractivity contribution in [2.45, 2.75) is 6.54 Å². The molecule has 21 heavy (non-hydrogen) atoms. The minimum atomic E-state index is -0.243. The molecule has 2 aromatic heterocycles. The van der Waals surface area contributed by atoms with Crippen molar-refractivity contribution in [1.29, 1.82) is 0 Å². The van der Waals surface area contributed by atoms with Crippen LogP contribution in [0.15, 0.2) is 47.4 Å². The molecule has 0 spiro atoms. The fourth-order valence-electron chi connectivity index (χ4n) is 2.39. The van der Waals surface area contributed by atoms with Gasteiger partial charge in [-0.1, -0.05) is 35.9 Å². The monoisotopic (exact) mass is 299 g/mol. The van der Waals surface area contributed by atoms with Gasteiger partial charge >= 0.3 is 0 Å². The Bertz CT molecular complexity index is 869. The van der Waals surface area contributed by atoms with Crippen LogP contribution < -0.4 is 11.3 Å². The minimum absolute atomic E-state index is 0.192. The molecular weight excluding hydrogens is 286 g/mol. The first-order chi connectivity index (χ1) is 10.1. The summed E-state index contributed by atoms with van der Waals surface area (Å²) < 4.78 is 1.47. The molecule has 0 aliphatic heterocycles. The topological polar surface area (TPSA) is 60.9 Å². The van der Waals surface area contributed by atoms with E-state index in [4.69, 9.17) is 17.3 Å². The first-order valence-electron chi connectivity index (χ1n) is 6.55. The number of pyridine rings is 2. The second-order valence-corrected chi connectivity index (χ2v) is 5.26. The van der Waals surface area contributed by atoms with Crippen LogP contribution in [0.2, 0.25) is 5.02 Å². The summed E-state index contributed by atoms with van der Waals surface area (Å²) in [5.74, 6) is 0. The molecule has 0 aliphatic carbocycles. The van der Waals surface area contributed by atoms with Gasteiger partial charge in [-0.3, -0.25) is 9.36 Å². The van der Waals surface area contributed by atoms with E-state index in [1.54, 1.807) is 19.3 Å². The quantitative estimate of drug-likeness (QED) is 0.791. The zero-order chi connectivity index (χ0) is 15.0. The van der Waals surface area contributed by atoms with Crippen LogP contribution in [0.4, 0.5) is 0 Å². The largest absolute Gasteiger partial charge is 0.326 e. The van der Waals surface area contributed by atoms with Gasteiger partial charge in [0.05, 0.1) is 0 Å². The molecule has 0 unspecified atom stereocenters. The summed E-state index contributed by atoms with van der Waals surface area (Å²) in [4.78, 5) is 16.2. The fourth-order valence-corrected chi connectivity index (χ4v) is 2.62. The molecule has 0 saturated heterocycles. The predicted molar refractivity (Wildman–Crippen MR) is 85.3 cm³/mol. The molecule has 5 heteroatoms. The van der Waals surface area contributed by atoms with Gasteiger partial charge in [-0.2, -0.15) is 0 Å². The van der Waals surface area contributed by atoms with Crippen molar-refractivity contribution in [3.05, 3.63) is 63.5 Å². The summed E-state index contributed by atoms with van der Waals surface area (Å²) >= 11 is 6.02. The molecule has 2 N–H and O–H groups in total. The van der Waals surface area contributed by atoms with Crippen LogP contribution in [0.25, 0.3) is 22.2 Å². The predicted octanol–water partition coefficient (Wildman–Crippen LogP) is 2.71. The molecule has 0 fully saturated rings. The van der Waals surface area contributed by atoms with E-state index in [0.717, 1.165) is 22.1 Å². The second kappa shape index (κ2) is 5.31. The smallest absolute Gasteiger partial charge is 0.270 e. The molecule has 0 atom stereocenters. The maximum atomic E-state index is 11.9. The van der Waals surface area contributed by atoms with Crippen molar-refractivity contribution < 1.29 is 0 Å². The van der Waals surface area contributed by atoms with Crippen molar-refractivity contribution in [3.8, 4) is 11.1 Å². The number of benzene rings is 1. The normalized spacial score (nSPS) is 11.0. The van der Waals surface area contributed by atoms with Crippen molar-refractivity contribution in [2.75, 3.05) is 0 Å². The SMILES string of the molecule is Cn1c(=O)c(Cl)cc2c(-c3ccc(CN)cc3)ccnc21. The lowest BCUT2D eigenvalue weighted by Crippen LogP contribution is -2.18. The minimum Gasteiger partial charge on any atom is -0.326 e. The molecule has 4 nitrogen and oxygen atoms in total. The molecule has 0 amide bonds. The Hall–Kier alpha value is -2.17. The van der Waals surface area contributed by atoms with Crippen molar-refractivity contribution in [1.82, 2.24) is 9.55 Å². The van der Waals surface area contributed by atoms with Crippen LogP contribution in [0.5, 0.6) is 0 Å². The van der Waals surface area contributed by atoms with Crippen LogP contribution in [-0.4, -0.2) is 9.55 Å². The van der Waals surface area contributed by atoms with Gasteiger partial charge < -0.3 is 5.73 Å². The first-order valence-corrected chi connectivity index (χ1v) is 6.93. The molecule has 106 valence electrons. The third-order valence-corrected chi connectivity index (χ3v) is 3.84. The van der Waals surface area contributed by atoms with Gasteiger partial charge in [0.2, 0.25) is 0 Å². The molecule has 2 heterocycles. The number of hydrogen-bond acceptors (Lipinski definition) is 3. The highest BCUT2D eigenvalue weighted by Crippen LogP contribution is 2.28. The Kier molecular flexibility index (Phi) is 3.49. The average molecular weight is 300 g/mol. The summed E-state index contributed by atoms with van der Waals surface area (Å²) in [7, 11) is 1.67. The van der Waals surface area contributed by atoms with E-state index in [2.05, 4.69) is 4.98 Å². The van der Waals surface area contributed by atoms with Gasteiger partial charge in [0.25, 0.3) is 5.56 Å². The Balaban J connectivity index is 2.30. The molecule has 0 aliphatic rings. The summed E-state index contributed by atoms with van der Waals surface area (Å²) in [6.45, 7) is 0.512. The Morgan fingerprint density at radius 3 is 2.62 bits per heavy atom. The summed E-state index contributed by atoms with van der Waals surface area (Å²) in [5, 5.41) is 1.04. The first kappa shape index (κ1) is 13.8. The highest BCUT2D eigenvalue weighted by molar-refractivity contribution is 6.31. The maximum Gasteiger partial charge on any atom is 0.270 e. The second-order valence-electron chi connectivity index (χ2n) is 4.85. The fraction of sp³-hybridized carbons (Fsp3) is 0.125. The van der Waals surface area contributed by atoms with E-state index in [9.17, 15) is 4.79 Å². The van der Waals surface area contributed by atoms with Crippen molar-refractivity contribution in [3.63, 3.8) is 0 Å². The van der Waals surface area contributed by atoms with E-state index < -0.39 is 0 Å². The summed E-state index contributed by atoms with van der Waals surface area (Å²) in [5.41, 5.74) is 9.09. The number of hydrogen-bond donors (Lipinski definition) is 1. The van der Waals surface area contributed by atoms with Gasteiger partial charge in [-0.15, -0.1) is 0 Å². The van der Waals surface area contributed by atoms with E-state index in [1.165, 1.54) is 4.57 Å². The van der Waals surface area contributed by atoms with Gasteiger partial charge in [-0.05, 0) is 28.8 Å². The van der Waals surface area contributed by atoms with Crippen LogP contribution in [0, 0.1) is 0 Å². The van der Waals surface area contributed by atoms with Gasteiger partial charge in [0, 0.05) is 25.2 Å². The third kappa shape index (κ3) is 2.33. The highest BCUT2D eigenvalue weighted by Gasteiger charge is 2.10. The molecule has 0 saturated carbocycles. The molecule has 3 rings (SSSR count). The Labute approximate surface area is 126 Å². The highest BCUT2D eigenvalue weighted by atomic mass is 35.5. The van der Waals surface area contributed by atoms with Crippen molar-refractivity contribution in [2.24, 2.45) is 12.8 Å². The summed E-state index contributed by atoms with van der Waals surface area (Å²) in [6.07, 6.45) is 1.70. The van der Waals surface area contributed by atoms with E-state index in [1.807, 2.05) is 30.3 Å². The standard InChI is InChI=1S/C16H14ClN3O/c1-20-15-13(8-14(17)16(20)21)12(6-7-19-15)11-4-2-10(9-18)3-5-11/h2-8H,9,18H2,1H3. The van der Waals surface area contributed by atoms with Crippen LogP contribution in [0.1, 0.15) is 5.56 Å². The summed E-state index contributed by atoms with van der Waals surface area (Å²) in [6, 6.07) is 11.6. The molecule has 3 aromatic rings. The number of halogens is 1. The van der Waals surface area contributed by atoms with Gasteiger partial charge in [0.15, 0.2) is 0 Å². The molecule has 0 bridgehead atoms. The average Bonchev–Trinajstić information content (AvgIpc) is 2.52. The third-order valence-electron chi connectivity index (χ3n) is 3.57. The van der Waals surface area contributed by atoms with Crippen LogP contribution in [0.3, 0.4) is 0 Å². The van der Waals surface area contributed by atoms with Gasteiger partial charge in [0.1, 0.15) is 10.7 Å². The lowest BCUT2D eigenvalue weighted by atomic mass is 10.0. The van der Waals surface area contributed by atoms with Crippen LogP contribution >= 0.6 is 11.6 Å². The zero-order valence-corrected chi connectivity index (χ0v) is 12.3. The Morgan fingerprint density at radius 2 is 1.95 bits per heavy atom. The maximum absolute atomic E-state index is 11.9. The molecule has 0 radical (unpaired) electrons. The number of nitrogens with zero attached hydrogens (tertiary/aromatic N) is 2. The lowest BCUT2D eigenvalue weighted by Gasteiger charge is -2.10. The van der Waals surface area contributed by atoms with Gasteiger partial charge in [-0.25, -0.2) is 4.98 Å².